The molecule has 0 aliphatic heterocycles. The predicted octanol–water partition coefficient (Wildman–Crippen LogP) is 2.53. The molecule has 0 aliphatic carbocycles. The lowest BCUT2D eigenvalue weighted by atomic mass is 9.78. The van der Waals surface area contributed by atoms with Gasteiger partial charge in [-0.25, -0.2) is 0 Å². The largest absolute Gasteiger partial charge is 0.469 e. The van der Waals surface area contributed by atoms with Crippen molar-refractivity contribution in [3.05, 3.63) is 0 Å². The third kappa shape index (κ3) is 5.36. The maximum atomic E-state index is 11.8. The summed E-state index contributed by atoms with van der Waals surface area (Å²) < 4.78 is 10.1. The van der Waals surface area contributed by atoms with Crippen molar-refractivity contribution in [2.45, 2.75) is 64.6 Å². The van der Waals surface area contributed by atoms with Gasteiger partial charge in [-0.2, -0.15) is 0 Å². The van der Waals surface area contributed by atoms with Crippen LogP contribution < -0.4 is 0 Å². The molecule has 0 saturated carbocycles. The summed E-state index contributed by atoms with van der Waals surface area (Å²) in [5, 5.41) is 10.6. The van der Waals surface area contributed by atoms with E-state index in [1.807, 2.05) is 13.8 Å². The topological polar surface area (TPSA) is 55.8 Å². The number of ether oxygens (including phenoxy) is 2. The summed E-state index contributed by atoms with van der Waals surface area (Å²) in [5.41, 5.74) is -1.59. The van der Waals surface area contributed by atoms with Gasteiger partial charge in [-0.1, -0.05) is 19.8 Å². The average molecular weight is 260 g/mol. The van der Waals surface area contributed by atoms with Gasteiger partial charge in [0.2, 0.25) is 0 Å². The van der Waals surface area contributed by atoms with E-state index >= 15 is 0 Å². The van der Waals surface area contributed by atoms with Crippen LogP contribution in [0.2, 0.25) is 0 Å². The zero-order valence-corrected chi connectivity index (χ0v) is 12.6. The first-order chi connectivity index (χ1) is 8.20. The standard InChI is InChI=1S/C14H28O4/c1-7-8-9-11(12(15)17-5)14(4,16)10-13(2,3)18-6/h11,16H,7-10H2,1-6H3. The van der Waals surface area contributed by atoms with Crippen LogP contribution in [-0.4, -0.2) is 36.5 Å². The van der Waals surface area contributed by atoms with Gasteiger partial charge in [-0.15, -0.1) is 0 Å². The molecule has 1 N–H and O–H groups in total. The van der Waals surface area contributed by atoms with Gasteiger partial charge < -0.3 is 14.6 Å². The van der Waals surface area contributed by atoms with Gasteiger partial charge >= 0.3 is 5.97 Å². The van der Waals surface area contributed by atoms with Crippen LogP contribution in [0.25, 0.3) is 0 Å². The minimum atomic E-state index is -1.12. The Hall–Kier alpha value is -0.610. The van der Waals surface area contributed by atoms with Crippen LogP contribution in [0.3, 0.4) is 0 Å². The van der Waals surface area contributed by atoms with Gasteiger partial charge in [-0.3, -0.25) is 4.79 Å². The number of hydrogen-bond donors (Lipinski definition) is 1. The third-order valence-corrected chi connectivity index (χ3v) is 3.42. The Bertz CT molecular complexity index is 259. The minimum absolute atomic E-state index is 0.347. The lowest BCUT2D eigenvalue weighted by molar-refractivity contribution is -0.160. The molecule has 0 aromatic heterocycles. The first-order valence-corrected chi connectivity index (χ1v) is 6.55. The molecular weight excluding hydrogens is 232 g/mol. The van der Waals surface area contributed by atoms with E-state index in [1.54, 1.807) is 14.0 Å². The van der Waals surface area contributed by atoms with Crippen molar-refractivity contribution >= 4 is 5.97 Å². The molecule has 0 aromatic carbocycles. The molecule has 0 aliphatic rings. The molecule has 0 heterocycles. The highest BCUT2D eigenvalue weighted by Crippen LogP contribution is 2.32. The van der Waals surface area contributed by atoms with Crippen LogP contribution in [-0.2, 0) is 14.3 Å². The van der Waals surface area contributed by atoms with E-state index in [1.165, 1.54) is 7.11 Å². The van der Waals surface area contributed by atoms with Crippen molar-refractivity contribution in [2.24, 2.45) is 5.92 Å². The Morgan fingerprint density at radius 3 is 2.22 bits per heavy atom. The third-order valence-electron chi connectivity index (χ3n) is 3.42. The molecule has 0 amide bonds. The van der Waals surface area contributed by atoms with E-state index in [9.17, 15) is 9.90 Å². The fourth-order valence-electron chi connectivity index (χ4n) is 2.29. The summed E-state index contributed by atoms with van der Waals surface area (Å²) >= 11 is 0. The Morgan fingerprint density at radius 1 is 1.28 bits per heavy atom. The summed E-state index contributed by atoms with van der Waals surface area (Å²) in [4.78, 5) is 11.8. The van der Waals surface area contributed by atoms with Gasteiger partial charge in [0.05, 0.1) is 24.2 Å². The molecule has 0 aromatic rings. The number of esters is 1. The molecule has 0 fully saturated rings. The molecule has 18 heavy (non-hydrogen) atoms. The lowest BCUT2D eigenvalue weighted by Gasteiger charge is -2.37. The van der Waals surface area contributed by atoms with E-state index in [0.717, 1.165) is 12.8 Å². The highest BCUT2D eigenvalue weighted by molar-refractivity contribution is 5.73. The molecule has 4 heteroatoms. The minimum Gasteiger partial charge on any atom is -0.469 e. The van der Waals surface area contributed by atoms with Crippen LogP contribution in [0.15, 0.2) is 0 Å². The van der Waals surface area contributed by atoms with Crippen molar-refractivity contribution in [1.29, 1.82) is 0 Å². The van der Waals surface area contributed by atoms with Crippen molar-refractivity contribution in [3.63, 3.8) is 0 Å². The molecule has 0 radical (unpaired) electrons. The molecule has 2 unspecified atom stereocenters. The molecule has 0 spiro atoms. The fraction of sp³-hybridized carbons (Fsp3) is 0.929. The molecule has 0 saturated heterocycles. The summed E-state index contributed by atoms with van der Waals surface area (Å²) in [6.07, 6.45) is 2.90. The Kier molecular flexibility index (Phi) is 6.86. The van der Waals surface area contributed by atoms with E-state index in [-0.39, 0.29) is 5.97 Å². The van der Waals surface area contributed by atoms with Crippen molar-refractivity contribution in [2.75, 3.05) is 14.2 Å². The van der Waals surface area contributed by atoms with Crippen LogP contribution in [0.4, 0.5) is 0 Å². The zero-order valence-electron chi connectivity index (χ0n) is 12.6. The van der Waals surface area contributed by atoms with Crippen LogP contribution in [0, 0.1) is 5.92 Å². The monoisotopic (exact) mass is 260 g/mol. The number of carbonyl (C=O) groups excluding carboxylic acids is 1. The zero-order chi connectivity index (χ0) is 14.4. The number of unbranched alkanes of at least 4 members (excludes halogenated alkanes) is 1. The van der Waals surface area contributed by atoms with Gasteiger partial charge in [0.1, 0.15) is 0 Å². The Morgan fingerprint density at radius 2 is 1.83 bits per heavy atom. The molecule has 108 valence electrons. The second-order valence-electron chi connectivity index (χ2n) is 5.72. The highest BCUT2D eigenvalue weighted by Gasteiger charge is 2.41. The summed E-state index contributed by atoms with van der Waals surface area (Å²) in [5.74, 6) is -0.850. The summed E-state index contributed by atoms with van der Waals surface area (Å²) in [6, 6.07) is 0. The smallest absolute Gasteiger partial charge is 0.311 e. The number of hydrogen-bond acceptors (Lipinski definition) is 4. The highest BCUT2D eigenvalue weighted by atomic mass is 16.5. The Balaban J connectivity index is 4.89. The SMILES string of the molecule is CCCCC(C(=O)OC)C(C)(O)CC(C)(C)OC. The quantitative estimate of drug-likeness (QED) is 0.681. The van der Waals surface area contributed by atoms with Gasteiger partial charge in [0, 0.05) is 13.5 Å². The van der Waals surface area contributed by atoms with E-state index in [4.69, 9.17) is 9.47 Å². The summed E-state index contributed by atoms with van der Waals surface area (Å²) in [7, 11) is 2.97. The number of rotatable bonds is 8. The van der Waals surface area contributed by atoms with Crippen LogP contribution in [0.1, 0.15) is 53.4 Å². The lowest BCUT2D eigenvalue weighted by Crippen LogP contribution is -2.46. The maximum Gasteiger partial charge on any atom is 0.311 e. The normalized spacial score (nSPS) is 17.1. The molecule has 2 atom stereocenters. The molecule has 4 nitrogen and oxygen atoms in total. The summed E-state index contributed by atoms with van der Waals surface area (Å²) in [6.45, 7) is 7.54. The predicted molar refractivity (Wildman–Crippen MR) is 71.4 cm³/mol. The molecule has 0 bridgehead atoms. The first kappa shape index (κ1) is 17.4. The van der Waals surface area contributed by atoms with Gasteiger partial charge in [0.25, 0.3) is 0 Å². The molecule has 0 rings (SSSR count). The van der Waals surface area contributed by atoms with E-state index < -0.39 is 17.1 Å². The number of carbonyl (C=O) groups is 1. The van der Waals surface area contributed by atoms with Crippen LogP contribution >= 0.6 is 0 Å². The fourth-order valence-corrected chi connectivity index (χ4v) is 2.29. The maximum absolute atomic E-state index is 11.8. The second-order valence-corrected chi connectivity index (χ2v) is 5.72. The number of aliphatic hydroxyl groups is 1. The number of methoxy groups -OCH3 is 2. The average Bonchev–Trinajstić information content (AvgIpc) is 2.27. The Labute approximate surface area is 111 Å². The van der Waals surface area contributed by atoms with Crippen LogP contribution in [0.5, 0.6) is 0 Å². The van der Waals surface area contributed by atoms with E-state index in [2.05, 4.69) is 6.92 Å². The van der Waals surface area contributed by atoms with Gasteiger partial charge in [-0.05, 0) is 27.2 Å². The second kappa shape index (κ2) is 7.10. The van der Waals surface area contributed by atoms with E-state index in [0.29, 0.717) is 12.8 Å². The van der Waals surface area contributed by atoms with Crippen molar-refractivity contribution in [1.82, 2.24) is 0 Å². The van der Waals surface area contributed by atoms with Crippen molar-refractivity contribution < 1.29 is 19.4 Å². The first-order valence-electron chi connectivity index (χ1n) is 6.55. The van der Waals surface area contributed by atoms with Crippen molar-refractivity contribution in [3.8, 4) is 0 Å². The molecular formula is C14H28O4. The van der Waals surface area contributed by atoms with Gasteiger partial charge in [0.15, 0.2) is 0 Å².